The smallest absolute Gasteiger partial charge is 0.328 e. The van der Waals surface area contributed by atoms with E-state index in [1.165, 1.54) is 14.2 Å². The molecule has 6 heteroatoms. The highest BCUT2D eigenvalue weighted by Crippen LogP contribution is 2.27. The van der Waals surface area contributed by atoms with Gasteiger partial charge in [0, 0.05) is 7.11 Å². The predicted molar refractivity (Wildman–Crippen MR) is 81.3 cm³/mol. The third-order valence-electron chi connectivity index (χ3n) is 3.27. The van der Waals surface area contributed by atoms with E-state index in [2.05, 4.69) is 5.32 Å². The van der Waals surface area contributed by atoms with Crippen LogP contribution in [0.2, 0.25) is 0 Å². The molecule has 0 radical (unpaired) electrons. The molecule has 1 atom stereocenters. The van der Waals surface area contributed by atoms with Gasteiger partial charge in [-0.1, -0.05) is 30.3 Å². The molecule has 0 aliphatic heterocycles. The molecule has 116 valence electrons. The van der Waals surface area contributed by atoms with Gasteiger partial charge < -0.3 is 19.9 Å². The Labute approximate surface area is 127 Å². The number of nitrogens with one attached hydrogen (secondary N) is 1. The summed E-state index contributed by atoms with van der Waals surface area (Å²) >= 11 is 0. The van der Waals surface area contributed by atoms with Gasteiger partial charge in [0.15, 0.2) is 6.04 Å². The van der Waals surface area contributed by atoms with Crippen molar-refractivity contribution in [2.75, 3.05) is 20.8 Å². The third-order valence-corrected chi connectivity index (χ3v) is 3.27. The average Bonchev–Trinajstić information content (AvgIpc) is 2.52. The zero-order valence-corrected chi connectivity index (χ0v) is 12.3. The molecule has 0 saturated carbocycles. The van der Waals surface area contributed by atoms with Crippen LogP contribution in [0.3, 0.4) is 0 Å². The highest BCUT2D eigenvalue weighted by molar-refractivity contribution is 6.10. The summed E-state index contributed by atoms with van der Waals surface area (Å²) in [4.78, 5) is 23.7. The molecule has 0 bridgehead atoms. The third kappa shape index (κ3) is 3.17. The summed E-state index contributed by atoms with van der Waals surface area (Å²) in [5.41, 5.74) is 0.308. The molecule has 0 spiro atoms. The molecule has 0 fully saturated rings. The van der Waals surface area contributed by atoms with Crippen LogP contribution >= 0.6 is 0 Å². The molecule has 0 heterocycles. The van der Waals surface area contributed by atoms with Gasteiger partial charge in [0.1, 0.15) is 5.75 Å². The number of hydrogen-bond acceptors (Lipinski definition) is 4. The molecule has 0 aliphatic rings. The van der Waals surface area contributed by atoms with Gasteiger partial charge in [0.25, 0.3) is 5.91 Å². The summed E-state index contributed by atoms with van der Waals surface area (Å²) in [6.07, 6.45) is 0. The molecule has 0 unspecified atom stereocenters. The van der Waals surface area contributed by atoms with E-state index in [9.17, 15) is 9.59 Å². The highest BCUT2D eigenvalue weighted by Gasteiger charge is 2.23. The van der Waals surface area contributed by atoms with Crippen LogP contribution in [-0.4, -0.2) is 43.9 Å². The van der Waals surface area contributed by atoms with Gasteiger partial charge in [0.2, 0.25) is 0 Å². The molecular formula is C16H17NO5. The van der Waals surface area contributed by atoms with Crippen molar-refractivity contribution in [2.24, 2.45) is 0 Å². The van der Waals surface area contributed by atoms with Gasteiger partial charge in [-0.05, 0) is 16.8 Å². The Morgan fingerprint density at radius 3 is 2.55 bits per heavy atom. The zero-order valence-electron chi connectivity index (χ0n) is 12.3. The van der Waals surface area contributed by atoms with Crippen LogP contribution in [0.1, 0.15) is 10.4 Å². The Bertz CT molecular complexity index is 698. The van der Waals surface area contributed by atoms with Gasteiger partial charge in [-0.15, -0.1) is 0 Å². The van der Waals surface area contributed by atoms with Crippen LogP contribution in [0.5, 0.6) is 5.75 Å². The van der Waals surface area contributed by atoms with Gasteiger partial charge in [-0.3, -0.25) is 4.79 Å². The number of amides is 1. The van der Waals surface area contributed by atoms with Crippen LogP contribution in [-0.2, 0) is 9.53 Å². The average molecular weight is 303 g/mol. The first-order valence-corrected chi connectivity index (χ1v) is 6.66. The Kier molecular flexibility index (Phi) is 4.95. The minimum Gasteiger partial charge on any atom is -0.496 e. The standard InChI is InChI=1S/C16H17NO5/c1-21-9-12(16(19)20)17-15(18)14-11-6-4-3-5-10(11)7-8-13(14)22-2/h3-8,12H,9H2,1-2H3,(H,17,18)(H,19,20)/t12-/m0/s1. The summed E-state index contributed by atoms with van der Waals surface area (Å²) in [5, 5.41) is 13.1. The topological polar surface area (TPSA) is 84.9 Å². The maximum Gasteiger partial charge on any atom is 0.328 e. The number of carbonyl (C=O) groups is 2. The number of methoxy groups -OCH3 is 2. The molecule has 22 heavy (non-hydrogen) atoms. The van der Waals surface area contributed by atoms with Gasteiger partial charge in [0.05, 0.1) is 19.3 Å². The number of carboxylic acid groups (broad SMARTS) is 1. The van der Waals surface area contributed by atoms with E-state index in [1.807, 2.05) is 24.3 Å². The molecule has 0 aromatic heterocycles. The van der Waals surface area contributed by atoms with Crippen molar-refractivity contribution in [1.82, 2.24) is 5.32 Å². The lowest BCUT2D eigenvalue weighted by atomic mass is 10.0. The Morgan fingerprint density at radius 2 is 1.91 bits per heavy atom. The van der Waals surface area contributed by atoms with Crippen LogP contribution in [0, 0.1) is 0 Å². The van der Waals surface area contributed by atoms with Crippen LogP contribution in [0.25, 0.3) is 10.8 Å². The van der Waals surface area contributed by atoms with Crippen molar-refractivity contribution in [3.8, 4) is 5.75 Å². The summed E-state index contributed by atoms with van der Waals surface area (Å²) in [5.74, 6) is -1.29. The van der Waals surface area contributed by atoms with Crippen molar-refractivity contribution in [3.05, 3.63) is 42.0 Å². The first-order valence-electron chi connectivity index (χ1n) is 6.66. The van der Waals surface area contributed by atoms with E-state index in [-0.39, 0.29) is 6.61 Å². The highest BCUT2D eigenvalue weighted by atomic mass is 16.5. The molecule has 2 aromatic carbocycles. The van der Waals surface area contributed by atoms with Gasteiger partial charge in [-0.2, -0.15) is 0 Å². The second-order valence-corrected chi connectivity index (χ2v) is 4.68. The predicted octanol–water partition coefficient (Wildman–Crippen LogP) is 1.68. The maximum atomic E-state index is 12.5. The maximum absolute atomic E-state index is 12.5. The number of carboxylic acids is 1. The van der Waals surface area contributed by atoms with Crippen LogP contribution in [0.4, 0.5) is 0 Å². The molecule has 2 N–H and O–H groups in total. The molecule has 2 aromatic rings. The van der Waals surface area contributed by atoms with Crippen LogP contribution in [0.15, 0.2) is 36.4 Å². The number of aliphatic carboxylic acids is 1. The minimum absolute atomic E-state index is 0.117. The first-order chi connectivity index (χ1) is 10.6. The number of rotatable bonds is 6. The summed E-state index contributed by atoms with van der Waals surface area (Å²) in [6.45, 7) is -0.117. The van der Waals surface area contributed by atoms with E-state index in [0.29, 0.717) is 16.7 Å². The molecule has 0 aliphatic carbocycles. The summed E-state index contributed by atoms with van der Waals surface area (Å²) in [6, 6.07) is 9.73. The fraction of sp³-hybridized carbons (Fsp3) is 0.250. The summed E-state index contributed by atoms with van der Waals surface area (Å²) in [7, 11) is 2.84. The van der Waals surface area contributed by atoms with Crippen molar-refractivity contribution in [3.63, 3.8) is 0 Å². The van der Waals surface area contributed by atoms with Gasteiger partial charge >= 0.3 is 5.97 Å². The monoisotopic (exact) mass is 303 g/mol. The van der Waals surface area contributed by atoms with Crippen molar-refractivity contribution >= 4 is 22.6 Å². The fourth-order valence-electron chi connectivity index (χ4n) is 2.23. The van der Waals surface area contributed by atoms with Gasteiger partial charge in [-0.25, -0.2) is 4.79 Å². The SMILES string of the molecule is COC[C@H](NC(=O)c1c(OC)ccc2ccccc12)C(=O)O. The normalized spacial score (nSPS) is 11.9. The summed E-state index contributed by atoms with van der Waals surface area (Å²) < 4.78 is 10.1. The van der Waals surface area contributed by atoms with Crippen molar-refractivity contribution in [2.45, 2.75) is 6.04 Å². The second-order valence-electron chi connectivity index (χ2n) is 4.68. The Morgan fingerprint density at radius 1 is 1.18 bits per heavy atom. The molecule has 1 amide bonds. The number of carbonyl (C=O) groups excluding carboxylic acids is 1. The van der Waals surface area contributed by atoms with Crippen molar-refractivity contribution < 1.29 is 24.2 Å². The van der Waals surface area contributed by atoms with E-state index in [1.54, 1.807) is 12.1 Å². The quantitative estimate of drug-likeness (QED) is 0.848. The lowest BCUT2D eigenvalue weighted by molar-refractivity contribution is -0.140. The number of hydrogen-bond donors (Lipinski definition) is 2. The lowest BCUT2D eigenvalue weighted by Crippen LogP contribution is -2.43. The minimum atomic E-state index is -1.16. The van der Waals surface area contributed by atoms with Crippen molar-refractivity contribution in [1.29, 1.82) is 0 Å². The van der Waals surface area contributed by atoms with E-state index >= 15 is 0 Å². The fourth-order valence-corrected chi connectivity index (χ4v) is 2.23. The molecule has 0 saturated heterocycles. The van der Waals surface area contributed by atoms with Crippen LogP contribution < -0.4 is 10.1 Å². The Balaban J connectivity index is 2.43. The largest absolute Gasteiger partial charge is 0.496 e. The lowest BCUT2D eigenvalue weighted by Gasteiger charge is -2.16. The first kappa shape index (κ1) is 15.8. The number of ether oxygens (including phenoxy) is 2. The number of fused-ring (bicyclic) bond motifs is 1. The van der Waals surface area contributed by atoms with E-state index in [0.717, 1.165) is 5.39 Å². The Hall–Kier alpha value is -2.60. The van der Waals surface area contributed by atoms with E-state index in [4.69, 9.17) is 14.6 Å². The van der Waals surface area contributed by atoms with E-state index < -0.39 is 17.9 Å². The second kappa shape index (κ2) is 6.91. The number of benzene rings is 2. The zero-order chi connectivity index (χ0) is 16.1. The molecular weight excluding hydrogens is 286 g/mol. The molecule has 6 nitrogen and oxygen atoms in total. The molecule has 2 rings (SSSR count).